The van der Waals surface area contributed by atoms with E-state index < -0.39 is 0 Å². The molecule has 6 nitrogen and oxygen atoms in total. The zero-order valence-electron chi connectivity index (χ0n) is 10.7. The molecule has 0 radical (unpaired) electrons. The Morgan fingerprint density at radius 1 is 1.28 bits per heavy atom. The van der Waals surface area contributed by atoms with Gasteiger partial charge in [0.25, 0.3) is 0 Å². The zero-order chi connectivity index (χ0) is 13.1. The van der Waals surface area contributed by atoms with E-state index in [2.05, 4.69) is 20.5 Å². The number of aromatic nitrogens is 3. The maximum absolute atomic E-state index is 5.27. The minimum atomic E-state index is 0.642. The molecule has 0 unspecified atom stereocenters. The number of anilines is 2. The molecular formula is C10H15N5OS2. The summed E-state index contributed by atoms with van der Waals surface area (Å²) >= 11 is 3.14. The van der Waals surface area contributed by atoms with Crippen LogP contribution in [-0.4, -0.2) is 36.4 Å². The number of nitrogens with one attached hydrogen (secondary N) is 1. The van der Waals surface area contributed by atoms with Crippen LogP contribution in [0.3, 0.4) is 0 Å². The van der Waals surface area contributed by atoms with Crippen LogP contribution in [0.5, 0.6) is 5.88 Å². The van der Waals surface area contributed by atoms with E-state index in [1.165, 1.54) is 11.3 Å². The zero-order valence-corrected chi connectivity index (χ0v) is 12.4. The fourth-order valence-electron chi connectivity index (χ4n) is 1.31. The lowest BCUT2D eigenvalue weighted by Gasteiger charge is -2.04. The number of thiazole rings is 1. The van der Waals surface area contributed by atoms with Crippen molar-refractivity contribution in [3.05, 3.63) is 9.88 Å². The van der Waals surface area contributed by atoms with Crippen molar-refractivity contribution >= 4 is 32.9 Å². The van der Waals surface area contributed by atoms with Crippen molar-refractivity contribution in [2.24, 2.45) is 0 Å². The summed E-state index contributed by atoms with van der Waals surface area (Å²) in [4.78, 5) is 7.41. The van der Waals surface area contributed by atoms with Crippen LogP contribution in [0.15, 0.2) is 0 Å². The van der Waals surface area contributed by atoms with E-state index in [0.29, 0.717) is 12.4 Å². The van der Waals surface area contributed by atoms with Gasteiger partial charge in [0.05, 0.1) is 18.5 Å². The van der Waals surface area contributed by atoms with E-state index in [1.54, 1.807) is 18.4 Å². The maximum atomic E-state index is 5.27. The van der Waals surface area contributed by atoms with Crippen LogP contribution in [0, 0.1) is 6.92 Å². The third-order valence-corrected chi connectivity index (χ3v) is 4.15. The molecule has 18 heavy (non-hydrogen) atoms. The number of rotatable bonds is 5. The van der Waals surface area contributed by atoms with Gasteiger partial charge in [-0.25, -0.2) is 0 Å². The molecule has 0 spiro atoms. The first-order chi connectivity index (χ1) is 8.60. The van der Waals surface area contributed by atoms with Gasteiger partial charge < -0.3 is 15.0 Å². The molecule has 2 rings (SSSR count). The number of methoxy groups -OCH3 is 1. The second-order valence-corrected chi connectivity index (χ2v) is 6.05. The van der Waals surface area contributed by atoms with Crippen LogP contribution in [0.25, 0.3) is 0 Å². The summed E-state index contributed by atoms with van der Waals surface area (Å²) in [5.41, 5.74) is 0. The number of nitrogens with zero attached hydrogens (tertiary/aromatic N) is 4. The van der Waals surface area contributed by atoms with Gasteiger partial charge in [0, 0.05) is 14.1 Å². The first-order valence-corrected chi connectivity index (χ1v) is 6.98. The normalized spacial score (nSPS) is 10.4. The van der Waals surface area contributed by atoms with Crippen LogP contribution in [0.1, 0.15) is 9.88 Å². The average Bonchev–Trinajstić information content (AvgIpc) is 2.92. The second-order valence-electron chi connectivity index (χ2n) is 3.80. The maximum Gasteiger partial charge on any atom is 0.231 e. The SMILES string of the molecule is COc1nc(N(C)C)sc1CNc1nnc(C)s1. The van der Waals surface area contributed by atoms with E-state index in [-0.39, 0.29) is 0 Å². The van der Waals surface area contributed by atoms with E-state index in [9.17, 15) is 0 Å². The summed E-state index contributed by atoms with van der Waals surface area (Å²) in [5, 5.41) is 13.9. The highest BCUT2D eigenvalue weighted by Crippen LogP contribution is 2.31. The standard InChI is InChI=1S/C10H15N5OS2/c1-6-13-14-9(17-6)11-5-7-8(16-4)12-10(18-7)15(2)3/h5H2,1-4H3,(H,11,14). The van der Waals surface area contributed by atoms with Crippen LogP contribution in [0.2, 0.25) is 0 Å². The lowest BCUT2D eigenvalue weighted by molar-refractivity contribution is 0.397. The summed E-state index contributed by atoms with van der Waals surface area (Å²) in [6, 6.07) is 0. The second kappa shape index (κ2) is 5.49. The van der Waals surface area contributed by atoms with Gasteiger partial charge in [-0.15, -0.1) is 10.2 Å². The van der Waals surface area contributed by atoms with Gasteiger partial charge in [-0.2, -0.15) is 4.98 Å². The van der Waals surface area contributed by atoms with Gasteiger partial charge >= 0.3 is 0 Å². The minimum absolute atomic E-state index is 0.642. The highest BCUT2D eigenvalue weighted by atomic mass is 32.1. The Morgan fingerprint density at radius 3 is 2.61 bits per heavy atom. The summed E-state index contributed by atoms with van der Waals surface area (Å²) < 4.78 is 5.27. The third-order valence-electron chi connectivity index (χ3n) is 2.15. The van der Waals surface area contributed by atoms with Gasteiger partial charge in [0.15, 0.2) is 5.13 Å². The molecule has 98 valence electrons. The lowest BCUT2D eigenvalue weighted by atomic mass is 10.5. The Balaban J connectivity index is 2.08. The van der Waals surface area contributed by atoms with Crippen molar-refractivity contribution < 1.29 is 4.74 Å². The Morgan fingerprint density at radius 2 is 2.06 bits per heavy atom. The molecule has 0 aliphatic rings. The molecule has 0 fully saturated rings. The molecule has 1 N–H and O–H groups in total. The Labute approximate surface area is 114 Å². The van der Waals surface area contributed by atoms with Gasteiger partial charge in [0.2, 0.25) is 11.0 Å². The van der Waals surface area contributed by atoms with Crippen molar-refractivity contribution in [1.82, 2.24) is 15.2 Å². The van der Waals surface area contributed by atoms with Gasteiger partial charge in [-0.3, -0.25) is 0 Å². The number of hydrogen-bond donors (Lipinski definition) is 1. The predicted octanol–water partition coefficient (Wildman–Crippen LogP) is 1.99. The topological polar surface area (TPSA) is 63.2 Å². The lowest BCUT2D eigenvalue weighted by Crippen LogP contribution is -2.07. The summed E-state index contributed by atoms with van der Waals surface area (Å²) in [6.07, 6.45) is 0. The first-order valence-electron chi connectivity index (χ1n) is 5.35. The smallest absolute Gasteiger partial charge is 0.231 e. The largest absolute Gasteiger partial charge is 0.480 e. The Bertz CT molecular complexity index is 522. The Hall–Kier alpha value is -1.41. The van der Waals surface area contributed by atoms with Gasteiger partial charge in [-0.05, 0) is 6.92 Å². The van der Waals surface area contributed by atoms with Crippen molar-refractivity contribution in [3.8, 4) is 5.88 Å². The molecule has 0 amide bonds. The molecule has 0 aromatic carbocycles. The average molecular weight is 285 g/mol. The molecule has 8 heteroatoms. The molecule has 0 saturated carbocycles. The van der Waals surface area contributed by atoms with E-state index in [4.69, 9.17) is 4.74 Å². The molecule has 2 aromatic heterocycles. The highest BCUT2D eigenvalue weighted by molar-refractivity contribution is 7.16. The molecule has 0 saturated heterocycles. The molecule has 2 heterocycles. The van der Waals surface area contributed by atoms with Crippen molar-refractivity contribution in [3.63, 3.8) is 0 Å². The minimum Gasteiger partial charge on any atom is -0.480 e. The Kier molecular flexibility index (Phi) is 3.97. The van der Waals surface area contributed by atoms with Crippen molar-refractivity contribution in [2.45, 2.75) is 13.5 Å². The summed E-state index contributed by atoms with van der Waals surface area (Å²) in [5.74, 6) is 0.664. The summed E-state index contributed by atoms with van der Waals surface area (Å²) in [6.45, 7) is 2.57. The molecule has 0 aliphatic heterocycles. The van der Waals surface area contributed by atoms with Crippen molar-refractivity contribution in [2.75, 3.05) is 31.4 Å². The van der Waals surface area contributed by atoms with Crippen LogP contribution < -0.4 is 15.0 Å². The van der Waals surface area contributed by atoms with Crippen LogP contribution in [0.4, 0.5) is 10.3 Å². The molecule has 0 bridgehead atoms. The fraction of sp³-hybridized carbons (Fsp3) is 0.500. The third kappa shape index (κ3) is 2.88. The van der Waals surface area contributed by atoms with Crippen molar-refractivity contribution in [1.29, 1.82) is 0 Å². The van der Waals surface area contributed by atoms with Gasteiger partial charge in [-0.1, -0.05) is 22.7 Å². The first kappa shape index (κ1) is 13.0. The molecule has 0 aliphatic carbocycles. The van der Waals surface area contributed by atoms with E-state index >= 15 is 0 Å². The molecule has 2 aromatic rings. The quantitative estimate of drug-likeness (QED) is 0.906. The fourth-order valence-corrected chi connectivity index (χ4v) is 2.79. The van der Waals surface area contributed by atoms with Gasteiger partial charge in [0.1, 0.15) is 5.01 Å². The van der Waals surface area contributed by atoms with Crippen LogP contribution >= 0.6 is 22.7 Å². The summed E-state index contributed by atoms with van der Waals surface area (Å²) in [7, 11) is 5.56. The number of ether oxygens (including phenoxy) is 1. The highest BCUT2D eigenvalue weighted by Gasteiger charge is 2.13. The monoisotopic (exact) mass is 285 g/mol. The predicted molar refractivity (Wildman–Crippen MR) is 75.0 cm³/mol. The van der Waals surface area contributed by atoms with E-state index in [1.807, 2.05) is 25.9 Å². The molecule has 0 atom stereocenters. The number of aryl methyl sites for hydroxylation is 1. The molecular weight excluding hydrogens is 270 g/mol. The number of hydrogen-bond acceptors (Lipinski definition) is 8. The van der Waals surface area contributed by atoms with E-state index in [0.717, 1.165) is 20.1 Å². The van der Waals surface area contributed by atoms with Crippen LogP contribution in [-0.2, 0) is 6.54 Å².